The molecule has 1 saturated heterocycles. The second kappa shape index (κ2) is 6.03. The molecule has 0 unspecified atom stereocenters. The van der Waals surface area contributed by atoms with Gasteiger partial charge in [-0.3, -0.25) is 4.79 Å². The molecule has 6 nitrogen and oxygen atoms in total. The number of carbonyl (C=O) groups is 2. The fraction of sp³-hybridized carbons (Fsp3) is 0.467. The zero-order valence-electron chi connectivity index (χ0n) is 12.3. The van der Waals surface area contributed by atoms with Gasteiger partial charge in [0.05, 0.1) is 7.11 Å². The number of primary amides is 1. The third kappa shape index (κ3) is 2.94. The van der Waals surface area contributed by atoms with E-state index in [9.17, 15) is 9.59 Å². The smallest absolute Gasteiger partial charge is 0.409 e. The number of hydrogen-bond acceptors (Lipinski definition) is 4. The number of nitrogens with zero attached hydrogens (tertiary/aromatic N) is 1. The maximum absolute atomic E-state index is 12.1. The third-order valence-corrected chi connectivity index (χ3v) is 4.13. The molecule has 1 heterocycles. The van der Waals surface area contributed by atoms with E-state index in [0.717, 1.165) is 5.69 Å². The summed E-state index contributed by atoms with van der Waals surface area (Å²) in [6, 6.07) is 9.48. The number of anilines is 1. The number of nitrogens with two attached hydrogens (primary N) is 1. The number of benzene rings is 1. The van der Waals surface area contributed by atoms with Crippen LogP contribution in [0.15, 0.2) is 30.3 Å². The molecule has 21 heavy (non-hydrogen) atoms. The van der Waals surface area contributed by atoms with E-state index < -0.39 is 11.4 Å². The van der Waals surface area contributed by atoms with Crippen LogP contribution in [0, 0.1) is 5.92 Å². The Morgan fingerprint density at radius 1 is 1.38 bits per heavy atom. The molecule has 2 rings (SSSR count). The molecular formula is C15H21N3O3. The van der Waals surface area contributed by atoms with Crippen molar-refractivity contribution in [1.82, 2.24) is 4.90 Å². The monoisotopic (exact) mass is 291 g/mol. The maximum Gasteiger partial charge on any atom is 0.409 e. The molecule has 1 aliphatic rings. The minimum absolute atomic E-state index is 0.122. The molecule has 1 aromatic carbocycles. The first-order valence-electron chi connectivity index (χ1n) is 6.95. The summed E-state index contributed by atoms with van der Waals surface area (Å²) in [7, 11) is 1.35. The lowest BCUT2D eigenvalue weighted by Crippen LogP contribution is -2.62. The largest absolute Gasteiger partial charge is 0.453 e. The Balaban J connectivity index is 2.20. The van der Waals surface area contributed by atoms with Crippen LogP contribution in [0.3, 0.4) is 0 Å². The molecule has 0 spiro atoms. The van der Waals surface area contributed by atoms with E-state index in [-0.39, 0.29) is 12.0 Å². The summed E-state index contributed by atoms with van der Waals surface area (Å²) >= 11 is 0. The normalized spacial score (nSPS) is 25.2. The summed E-state index contributed by atoms with van der Waals surface area (Å²) in [6.07, 6.45) is 0.0765. The molecule has 2 amide bonds. The summed E-state index contributed by atoms with van der Waals surface area (Å²) in [6.45, 7) is 2.77. The van der Waals surface area contributed by atoms with E-state index in [4.69, 9.17) is 10.5 Å². The van der Waals surface area contributed by atoms with Gasteiger partial charge in [0.25, 0.3) is 0 Å². The molecule has 0 aliphatic carbocycles. The Labute approximate surface area is 124 Å². The second-order valence-electron chi connectivity index (χ2n) is 5.39. The van der Waals surface area contributed by atoms with Crippen molar-refractivity contribution in [1.29, 1.82) is 0 Å². The Hall–Kier alpha value is -2.24. The van der Waals surface area contributed by atoms with Crippen molar-refractivity contribution in [3.63, 3.8) is 0 Å². The van der Waals surface area contributed by atoms with E-state index >= 15 is 0 Å². The van der Waals surface area contributed by atoms with Crippen LogP contribution in [0.25, 0.3) is 0 Å². The first-order valence-corrected chi connectivity index (χ1v) is 6.95. The van der Waals surface area contributed by atoms with E-state index in [1.54, 1.807) is 4.90 Å². The number of amides is 2. The van der Waals surface area contributed by atoms with E-state index in [2.05, 4.69) is 5.32 Å². The van der Waals surface area contributed by atoms with Gasteiger partial charge in [0.2, 0.25) is 5.91 Å². The van der Waals surface area contributed by atoms with E-state index in [1.165, 1.54) is 7.11 Å². The number of piperidine rings is 1. The van der Waals surface area contributed by atoms with Gasteiger partial charge in [-0.25, -0.2) is 4.79 Å². The molecule has 3 N–H and O–H groups in total. The van der Waals surface area contributed by atoms with Crippen molar-refractivity contribution in [2.75, 3.05) is 25.5 Å². The van der Waals surface area contributed by atoms with Crippen LogP contribution >= 0.6 is 0 Å². The molecular weight excluding hydrogens is 270 g/mol. The van der Waals surface area contributed by atoms with Gasteiger partial charge in [0.1, 0.15) is 5.54 Å². The second-order valence-corrected chi connectivity index (χ2v) is 5.39. The van der Waals surface area contributed by atoms with Crippen molar-refractivity contribution >= 4 is 17.7 Å². The van der Waals surface area contributed by atoms with Gasteiger partial charge in [-0.1, -0.05) is 25.1 Å². The van der Waals surface area contributed by atoms with Crippen LogP contribution in [-0.2, 0) is 9.53 Å². The van der Waals surface area contributed by atoms with E-state index in [1.807, 2.05) is 37.3 Å². The summed E-state index contributed by atoms with van der Waals surface area (Å²) < 4.78 is 4.74. The minimum atomic E-state index is -0.855. The molecule has 0 bridgehead atoms. The molecule has 1 aromatic rings. The van der Waals surface area contributed by atoms with Crippen LogP contribution in [0.5, 0.6) is 0 Å². The highest BCUT2D eigenvalue weighted by Crippen LogP contribution is 2.32. The Kier molecular flexibility index (Phi) is 4.35. The Morgan fingerprint density at radius 2 is 2.05 bits per heavy atom. The van der Waals surface area contributed by atoms with Gasteiger partial charge in [-0.2, -0.15) is 0 Å². The quantitative estimate of drug-likeness (QED) is 0.882. The van der Waals surface area contributed by atoms with E-state index in [0.29, 0.717) is 19.5 Å². The van der Waals surface area contributed by atoms with Gasteiger partial charge < -0.3 is 20.7 Å². The third-order valence-electron chi connectivity index (χ3n) is 4.13. The van der Waals surface area contributed by atoms with Gasteiger partial charge in [0.15, 0.2) is 0 Å². The molecule has 1 aliphatic heterocycles. The van der Waals surface area contributed by atoms with Crippen molar-refractivity contribution in [2.24, 2.45) is 11.7 Å². The zero-order chi connectivity index (χ0) is 15.5. The molecule has 0 radical (unpaired) electrons. The van der Waals surface area contributed by atoms with Gasteiger partial charge >= 0.3 is 6.09 Å². The predicted molar refractivity (Wildman–Crippen MR) is 79.7 cm³/mol. The summed E-state index contributed by atoms with van der Waals surface area (Å²) in [5, 5.41) is 3.27. The number of hydrogen-bond donors (Lipinski definition) is 2. The zero-order valence-corrected chi connectivity index (χ0v) is 12.3. The SMILES string of the molecule is COC(=O)N1CC[C@@](Nc2ccccc2)(C(N)=O)[C@@H](C)C1. The topological polar surface area (TPSA) is 84.7 Å². The number of rotatable bonds is 3. The Morgan fingerprint density at radius 3 is 2.57 bits per heavy atom. The van der Waals surface area contributed by atoms with Crippen molar-refractivity contribution in [3.8, 4) is 0 Å². The summed E-state index contributed by atoms with van der Waals surface area (Å²) in [5.41, 5.74) is 5.65. The van der Waals surface area contributed by atoms with Crippen LogP contribution in [0.2, 0.25) is 0 Å². The average molecular weight is 291 g/mol. The van der Waals surface area contributed by atoms with Gasteiger partial charge in [-0.05, 0) is 18.6 Å². The van der Waals surface area contributed by atoms with Gasteiger partial charge in [0, 0.05) is 24.7 Å². The molecule has 1 fully saturated rings. The number of carbonyl (C=O) groups excluding carboxylic acids is 2. The fourth-order valence-corrected chi connectivity index (χ4v) is 2.82. The first-order chi connectivity index (χ1) is 9.99. The van der Waals surface area contributed by atoms with Crippen LogP contribution < -0.4 is 11.1 Å². The molecule has 114 valence electrons. The molecule has 2 atom stereocenters. The van der Waals surface area contributed by atoms with Crippen LogP contribution in [0.1, 0.15) is 13.3 Å². The average Bonchev–Trinajstić information content (AvgIpc) is 2.49. The van der Waals surface area contributed by atoms with Crippen LogP contribution in [0.4, 0.5) is 10.5 Å². The standard InChI is InChI=1S/C15H21N3O3/c1-11-10-18(14(20)21-2)9-8-15(11,13(16)19)17-12-6-4-3-5-7-12/h3-7,11,17H,8-10H2,1-2H3,(H2,16,19)/t11-,15-/m0/s1. The Bertz CT molecular complexity index is 520. The highest BCUT2D eigenvalue weighted by atomic mass is 16.5. The minimum Gasteiger partial charge on any atom is -0.453 e. The van der Waals surface area contributed by atoms with Gasteiger partial charge in [-0.15, -0.1) is 0 Å². The number of methoxy groups -OCH3 is 1. The number of ether oxygens (including phenoxy) is 1. The lowest BCUT2D eigenvalue weighted by Gasteiger charge is -2.45. The number of likely N-dealkylation sites (tertiary alicyclic amines) is 1. The molecule has 0 saturated carbocycles. The maximum atomic E-state index is 12.1. The fourth-order valence-electron chi connectivity index (χ4n) is 2.82. The highest BCUT2D eigenvalue weighted by molar-refractivity contribution is 5.89. The number of nitrogens with one attached hydrogen (secondary N) is 1. The lowest BCUT2D eigenvalue weighted by molar-refractivity contribution is -0.125. The molecule has 6 heteroatoms. The van der Waals surface area contributed by atoms with Crippen LogP contribution in [-0.4, -0.2) is 42.6 Å². The summed E-state index contributed by atoms with van der Waals surface area (Å²) in [5.74, 6) is -0.522. The molecule has 0 aromatic heterocycles. The van der Waals surface area contributed by atoms with Crippen molar-refractivity contribution in [3.05, 3.63) is 30.3 Å². The first kappa shape index (κ1) is 15.2. The predicted octanol–water partition coefficient (Wildman–Crippen LogP) is 1.43. The highest BCUT2D eigenvalue weighted by Gasteiger charge is 2.46. The number of para-hydroxylation sites is 1. The summed E-state index contributed by atoms with van der Waals surface area (Å²) in [4.78, 5) is 25.3. The van der Waals surface area contributed by atoms with Crippen molar-refractivity contribution < 1.29 is 14.3 Å². The van der Waals surface area contributed by atoms with Crippen molar-refractivity contribution in [2.45, 2.75) is 18.9 Å². The lowest BCUT2D eigenvalue weighted by atomic mass is 9.78.